The molecule has 6 nitrogen and oxygen atoms in total. The van der Waals surface area contributed by atoms with Gasteiger partial charge in [-0.1, -0.05) is 0 Å². The number of nitrogens with one attached hydrogen (secondary N) is 1. The topological polar surface area (TPSA) is 81.7 Å². The van der Waals surface area contributed by atoms with Gasteiger partial charge >= 0.3 is 0 Å². The van der Waals surface area contributed by atoms with Crippen LogP contribution in [0.1, 0.15) is 11.4 Å². The first-order chi connectivity index (χ1) is 7.66. The van der Waals surface area contributed by atoms with Gasteiger partial charge in [0.1, 0.15) is 12.1 Å². The molecule has 0 aliphatic rings. The van der Waals surface area contributed by atoms with Crippen molar-refractivity contribution < 1.29 is 0 Å². The maximum absolute atomic E-state index is 5.83. The highest BCUT2D eigenvalue weighted by atomic mass is 15.3. The fraction of sp³-hybridized carbons (Fsp3) is 0.300. The van der Waals surface area contributed by atoms with E-state index in [0.29, 0.717) is 18.1 Å². The molecule has 0 bridgehead atoms. The number of nitrogens with zero attached hydrogens (tertiary/aromatic N) is 4. The van der Waals surface area contributed by atoms with E-state index in [0.717, 1.165) is 11.4 Å². The molecule has 0 fully saturated rings. The van der Waals surface area contributed by atoms with Crippen LogP contribution in [0.4, 0.5) is 11.5 Å². The normalized spacial score (nSPS) is 10.4. The lowest BCUT2D eigenvalue weighted by atomic mass is 10.3. The van der Waals surface area contributed by atoms with Crippen molar-refractivity contribution in [2.75, 3.05) is 11.1 Å². The molecule has 0 aromatic carbocycles. The average Bonchev–Trinajstić information content (AvgIpc) is 2.63. The van der Waals surface area contributed by atoms with Gasteiger partial charge in [-0.3, -0.25) is 0 Å². The van der Waals surface area contributed by atoms with Crippen LogP contribution < -0.4 is 11.1 Å². The zero-order chi connectivity index (χ0) is 11.5. The van der Waals surface area contributed by atoms with Crippen LogP contribution in [0.3, 0.4) is 0 Å². The molecule has 3 N–H and O–H groups in total. The van der Waals surface area contributed by atoms with Crippen LogP contribution in [0.5, 0.6) is 0 Å². The molecule has 2 aromatic rings. The maximum atomic E-state index is 5.83. The minimum atomic E-state index is 0.552. The lowest BCUT2D eigenvalue weighted by Gasteiger charge is -2.07. The minimum Gasteiger partial charge on any atom is -0.396 e. The number of aryl methyl sites for hydroxylation is 2. The van der Waals surface area contributed by atoms with Gasteiger partial charge in [-0.25, -0.2) is 4.98 Å². The summed E-state index contributed by atoms with van der Waals surface area (Å²) in [5, 5.41) is 10.9. The minimum absolute atomic E-state index is 0.552. The zero-order valence-corrected chi connectivity index (χ0v) is 9.31. The van der Waals surface area contributed by atoms with Crippen molar-refractivity contribution in [2.45, 2.75) is 13.5 Å². The van der Waals surface area contributed by atoms with E-state index in [2.05, 4.69) is 20.5 Å². The quantitative estimate of drug-likeness (QED) is 0.793. The molecule has 0 saturated carbocycles. The summed E-state index contributed by atoms with van der Waals surface area (Å²) in [6.07, 6.45) is 3.43. The highest BCUT2D eigenvalue weighted by molar-refractivity contribution is 5.61. The van der Waals surface area contributed by atoms with Gasteiger partial charge in [0.05, 0.1) is 12.2 Å². The second-order valence-corrected chi connectivity index (χ2v) is 3.66. The third kappa shape index (κ3) is 2.10. The predicted molar refractivity (Wildman–Crippen MR) is 61.7 cm³/mol. The van der Waals surface area contributed by atoms with E-state index in [1.54, 1.807) is 12.5 Å². The zero-order valence-electron chi connectivity index (χ0n) is 9.31. The number of nitrogen functional groups attached to an aromatic ring is 1. The van der Waals surface area contributed by atoms with Crippen molar-refractivity contribution in [1.29, 1.82) is 0 Å². The number of anilines is 2. The Balaban J connectivity index is 2.08. The Kier molecular flexibility index (Phi) is 2.72. The predicted octanol–water partition coefficient (Wildman–Crippen LogP) is 0.713. The molecule has 0 unspecified atom stereocenters. The smallest absolute Gasteiger partial charge is 0.151 e. The molecule has 0 radical (unpaired) electrons. The highest BCUT2D eigenvalue weighted by Crippen LogP contribution is 2.16. The van der Waals surface area contributed by atoms with Crippen LogP contribution >= 0.6 is 0 Å². The third-order valence-corrected chi connectivity index (χ3v) is 2.27. The molecule has 0 spiro atoms. The second-order valence-electron chi connectivity index (χ2n) is 3.66. The summed E-state index contributed by atoms with van der Waals surface area (Å²) in [5.41, 5.74) is 7.52. The van der Waals surface area contributed by atoms with Gasteiger partial charge in [0.15, 0.2) is 5.82 Å². The second kappa shape index (κ2) is 4.18. The van der Waals surface area contributed by atoms with E-state index in [1.165, 1.54) is 0 Å². The SMILES string of the molecule is Cc1cnc(NCc2nncn2C)c(N)c1. The van der Waals surface area contributed by atoms with Gasteiger partial charge in [0.25, 0.3) is 0 Å². The lowest BCUT2D eigenvalue weighted by molar-refractivity contribution is 0.810. The first kappa shape index (κ1) is 10.4. The number of hydrogen-bond donors (Lipinski definition) is 2. The largest absolute Gasteiger partial charge is 0.396 e. The third-order valence-electron chi connectivity index (χ3n) is 2.27. The summed E-state index contributed by atoms with van der Waals surface area (Å²) >= 11 is 0. The lowest BCUT2D eigenvalue weighted by Crippen LogP contribution is -2.08. The van der Waals surface area contributed by atoms with Gasteiger partial charge < -0.3 is 15.6 Å². The van der Waals surface area contributed by atoms with E-state index >= 15 is 0 Å². The molecule has 2 rings (SSSR count). The van der Waals surface area contributed by atoms with Crippen molar-refractivity contribution >= 4 is 11.5 Å². The standard InChI is InChI=1S/C10H14N6/c1-7-3-8(11)10(12-4-7)13-5-9-15-14-6-16(9)2/h3-4,6H,5,11H2,1-2H3,(H,12,13). The fourth-order valence-electron chi connectivity index (χ4n) is 1.37. The Hall–Kier alpha value is -2.11. The first-order valence-electron chi connectivity index (χ1n) is 4.95. The average molecular weight is 218 g/mol. The number of pyridine rings is 1. The van der Waals surface area contributed by atoms with Crippen LogP contribution in [0.2, 0.25) is 0 Å². The summed E-state index contributed by atoms with van der Waals surface area (Å²) in [5.74, 6) is 1.51. The molecule has 84 valence electrons. The number of hydrogen-bond acceptors (Lipinski definition) is 5. The summed E-state index contributed by atoms with van der Waals surface area (Å²) in [7, 11) is 1.89. The molecule has 0 aliphatic carbocycles. The molecule has 0 aliphatic heterocycles. The van der Waals surface area contributed by atoms with E-state index in [1.807, 2.05) is 24.6 Å². The Morgan fingerprint density at radius 2 is 2.31 bits per heavy atom. The summed E-state index contributed by atoms with van der Waals surface area (Å²) in [6.45, 7) is 2.51. The molecule has 0 saturated heterocycles. The van der Waals surface area contributed by atoms with Gasteiger partial charge in [-0.05, 0) is 18.6 Å². The Morgan fingerprint density at radius 3 is 2.94 bits per heavy atom. The van der Waals surface area contributed by atoms with Crippen LogP contribution in [0, 0.1) is 6.92 Å². The van der Waals surface area contributed by atoms with Gasteiger partial charge in [0, 0.05) is 13.2 Å². The Morgan fingerprint density at radius 1 is 1.50 bits per heavy atom. The van der Waals surface area contributed by atoms with Gasteiger partial charge in [0.2, 0.25) is 0 Å². The van der Waals surface area contributed by atoms with Gasteiger partial charge in [-0.15, -0.1) is 10.2 Å². The number of nitrogens with two attached hydrogens (primary N) is 1. The first-order valence-corrected chi connectivity index (χ1v) is 4.95. The summed E-state index contributed by atoms with van der Waals surface area (Å²) in [4.78, 5) is 4.21. The van der Waals surface area contributed by atoms with E-state index in [4.69, 9.17) is 5.73 Å². The Bertz CT molecular complexity index is 490. The molecule has 2 aromatic heterocycles. The van der Waals surface area contributed by atoms with Crippen LogP contribution in [0.25, 0.3) is 0 Å². The van der Waals surface area contributed by atoms with Crippen molar-refractivity contribution in [3.05, 3.63) is 30.0 Å². The molecule has 0 amide bonds. The molecular weight excluding hydrogens is 204 g/mol. The monoisotopic (exact) mass is 218 g/mol. The van der Waals surface area contributed by atoms with Crippen molar-refractivity contribution in [2.24, 2.45) is 7.05 Å². The number of rotatable bonds is 3. The molecular formula is C10H14N6. The van der Waals surface area contributed by atoms with Gasteiger partial charge in [-0.2, -0.15) is 0 Å². The Labute approximate surface area is 93.5 Å². The van der Waals surface area contributed by atoms with Crippen LogP contribution in [0.15, 0.2) is 18.6 Å². The van der Waals surface area contributed by atoms with Crippen molar-refractivity contribution in [3.63, 3.8) is 0 Å². The maximum Gasteiger partial charge on any atom is 0.151 e. The van der Waals surface area contributed by atoms with Crippen molar-refractivity contribution in [3.8, 4) is 0 Å². The van der Waals surface area contributed by atoms with E-state index in [9.17, 15) is 0 Å². The van der Waals surface area contributed by atoms with E-state index < -0.39 is 0 Å². The number of aromatic nitrogens is 4. The summed E-state index contributed by atoms with van der Waals surface area (Å²) < 4.78 is 1.84. The highest BCUT2D eigenvalue weighted by Gasteiger charge is 2.03. The molecule has 2 heterocycles. The summed E-state index contributed by atoms with van der Waals surface area (Å²) in [6, 6.07) is 1.88. The molecule has 0 atom stereocenters. The molecule has 16 heavy (non-hydrogen) atoms. The van der Waals surface area contributed by atoms with Crippen LogP contribution in [-0.2, 0) is 13.6 Å². The van der Waals surface area contributed by atoms with E-state index in [-0.39, 0.29) is 0 Å². The molecule has 6 heteroatoms. The van der Waals surface area contributed by atoms with Crippen molar-refractivity contribution in [1.82, 2.24) is 19.7 Å². The van der Waals surface area contributed by atoms with Crippen LogP contribution in [-0.4, -0.2) is 19.7 Å². The fourth-order valence-corrected chi connectivity index (χ4v) is 1.37.